The van der Waals surface area contributed by atoms with Crippen molar-refractivity contribution in [3.63, 3.8) is 0 Å². The molecule has 2 heterocycles. The van der Waals surface area contributed by atoms with E-state index in [4.69, 9.17) is 5.73 Å². The molecule has 0 fully saturated rings. The number of nitrogens with two attached hydrogens (primary N) is 1. The van der Waals surface area contributed by atoms with E-state index in [2.05, 4.69) is 5.10 Å². The van der Waals surface area contributed by atoms with Gasteiger partial charge in [0.15, 0.2) is 0 Å². The first kappa shape index (κ1) is 6.84. The van der Waals surface area contributed by atoms with E-state index in [1.54, 1.807) is 10.9 Å². The van der Waals surface area contributed by atoms with Crippen molar-refractivity contribution in [3.8, 4) is 0 Å². The molecule has 0 aliphatic carbocycles. The Balaban J connectivity index is 2.56. The van der Waals surface area contributed by atoms with Gasteiger partial charge in [0.1, 0.15) is 5.03 Å². The van der Waals surface area contributed by atoms with Crippen molar-refractivity contribution in [1.82, 2.24) is 9.78 Å². The molecule has 0 aromatic carbocycles. The van der Waals surface area contributed by atoms with Crippen LogP contribution in [-0.4, -0.2) is 19.7 Å². The Kier molecular flexibility index (Phi) is 1.45. The molecule has 5 heteroatoms. The van der Waals surface area contributed by atoms with Gasteiger partial charge in [-0.05, 0) is 6.42 Å². The minimum Gasteiger partial charge on any atom is -0.395 e. The zero-order valence-electron chi connectivity index (χ0n) is 5.99. The van der Waals surface area contributed by atoms with Crippen LogP contribution in [0.1, 0.15) is 6.42 Å². The van der Waals surface area contributed by atoms with Crippen LogP contribution in [-0.2, 0) is 17.3 Å². The second kappa shape index (κ2) is 2.34. The van der Waals surface area contributed by atoms with Crippen molar-refractivity contribution in [1.29, 1.82) is 0 Å². The number of anilines is 1. The Labute approximate surface area is 66.8 Å². The number of rotatable bonds is 0. The third-order valence-corrected chi connectivity index (χ3v) is 3.27. The molecular formula is C6H9N3OS. The van der Waals surface area contributed by atoms with Crippen molar-refractivity contribution in [3.05, 3.63) is 6.20 Å². The maximum atomic E-state index is 11.3. The summed E-state index contributed by atoms with van der Waals surface area (Å²) in [5.41, 5.74) is 6.13. The van der Waals surface area contributed by atoms with Gasteiger partial charge in [-0.2, -0.15) is 5.10 Å². The van der Waals surface area contributed by atoms with Crippen LogP contribution >= 0.6 is 0 Å². The third kappa shape index (κ3) is 0.956. The number of hydrogen-bond donors (Lipinski definition) is 1. The fourth-order valence-corrected chi connectivity index (χ4v) is 2.51. The van der Waals surface area contributed by atoms with Crippen molar-refractivity contribution in [2.24, 2.45) is 0 Å². The number of aromatic nitrogens is 2. The standard InChI is InChI=1S/C6H9N3OS/c7-5-4-8-9-2-1-3-11(10)6(5)9/h4H,1-3,7H2. The van der Waals surface area contributed by atoms with Crippen molar-refractivity contribution in [2.45, 2.75) is 18.0 Å². The first-order valence-electron chi connectivity index (χ1n) is 3.48. The quantitative estimate of drug-likeness (QED) is 0.596. The molecule has 1 aliphatic heterocycles. The SMILES string of the molecule is Nc1cnn2c1S(=O)CCC2. The highest BCUT2D eigenvalue weighted by atomic mass is 32.2. The molecule has 0 saturated heterocycles. The Morgan fingerprint density at radius 3 is 3.27 bits per heavy atom. The van der Waals surface area contributed by atoms with E-state index in [0.717, 1.165) is 18.7 Å². The van der Waals surface area contributed by atoms with Gasteiger partial charge in [-0.25, -0.2) is 0 Å². The van der Waals surface area contributed by atoms with Gasteiger partial charge >= 0.3 is 0 Å². The Morgan fingerprint density at radius 1 is 1.73 bits per heavy atom. The highest BCUT2D eigenvalue weighted by Crippen LogP contribution is 2.20. The highest BCUT2D eigenvalue weighted by Gasteiger charge is 2.19. The minimum atomic E-state index is -0.920. The van der Waals surface area contributed by atoms with Crippen LogP contribution < -0.4 is 5.73 Å². The zero-order valence-corrected chi connectivity index (χ0v) is 6.80. The number of hydrogen-bond acceptors (Lipinski definition) is 3. The topological polar surface area (TPSA) is 60.9 Å². The summed E-state index contributed by atoms with van der Waals surface area (Å²) >= 11 is 0. The summed E-state index contributed by atoms with van der Waals surface area (Å²) < 4.78 is 13.1. The molecule has 0 saturated carbocycles. The number of aryl methyl sites for hydroxylation is 1. The van der Waals surface area contributed by atoms with E-state index < -0.39 is 10.8 Å². The van der Waals surface area contributed by atoms with Gasteiger partial charge in [0.25, 0.3) is 0 Å². The first-order chi connectivity index (χ1) is 5.29. The molecule has 0 spiro atoms. The molecule has 60 valence electrons. The van der Waals surface area contributed by atoms with Crippen molar-refractivity contribution >= 4 is 16.5 Å². The van der Waals surface area contributed by atoms with E-state index in [-0.39, 0.29) is 0 Å². The summed E-state index contributed by atoms with van der Waals surface area (Å²) in [5, 5.41) is 4.71. The Morgan fingerprint density at radius 2 is 2.55 bits per heavy atom. The van der Waals surface area contributed by atoms with E-state index in [1.807, 2.05) is 0 Å². The summed E-state index contributed by atoms with van der Waals surface area (Å²) in [6.07, 6.45) is 2.50. The average molecular weight is 171 g/mol. The molecule has 1 aromatic heterocycles. The lowest BCUT2D eigenvalue weighted by Gasteiger charge is -2.12. The highest BCUT2D eigenvalue weighted by molar-refractivity contribution is 7.85. The van der Waals surface area contributed by atoms with E-state index in [9.17, 15) is 4.21 Å². The van der Waals surface area contributed by atoms with Gasteiger partial charge in [-0.15, -0.1) is 0 Å². The van der Waals surface area contributed by atoms with Crippen LogP contribution in [0.2, 0.25) is 0 Å². The largest absolute Gasteiger partial charge is 0.395 e. The second-order valence-electron chi connectivity index (χ2n) is 2.53. The first-order valence-corrected chi connectivity index (χ1v) is 4.80. The maximum absolute atomic E-state index is 11.3. The fourth-order valence-electron chi connectivity index (χ4n) is 1.24. The Hall–Kier alpha value is -0.840. The Bertz CT molecular complexity index is 307. The molecule has 1 aliphatic rings. The number of nitrogen functional groups attached to an aromatic ring is 1. The van der Waals surface area contributed by atoms with Crippen LogP contribution in [0, 0.1) is 0 Å². The molecule has 1 unspecified atom stereocenters. The van der Waals surface area contributed by atoms with Gasteiger partial charge in [0.05, 0.1) is 22.7 Å². The lowest BCUT2D eigenvalue weighted by atomic mass is 10.5. The van der Waals surface area contributed by atoms with Crippen LogP contribution in [0.25, 0.3) is 0 Å². The van der Waals surface area contributed by atoms with Crippen LogP contribution in [0.4, 0.5) is 5.69 Å². The van der Waals surface area contributed by atoms with E-state index >= 15 is 0 Å². The lowest BCUT2D eigenvalue weighted by molar-refractivity contribution is 0.533. The summed E-state index contributed by atoms with van der Waals surface area (Å²) in [6.45, 7) is 0.846. The maximum Gasteiger partial charge on any atom is 0.148 e. The van der Waals surface area contributed by atoms with Crippen LogP contribution in [0.5, 0.6) is 0 Å². The summed E-state index contributed by atoms with van der Waals surface area (Å²) in [5.74, 6) is 0.718. The van der Waals surface area contributed by atoms with Gasteiger partial charge in [0.2, 0.25) is 0 Å². The average Bonchev–Trinajstić information content (AvgIpc) is 2.34. The normalized spacial score (nSPS) is 23.1. The smallest absolute Gasteiger partial charge is 0.148 e. The number of nitrogens with zero attached hydrogens (tertiary/aromatic N) is 2. The van der Waals surface area contributed by atoms with E-state index in [0.29, 0.717) is 10.7 Å². The second-order valence-corrected chi connectivity index (χ2v) is 4.02. The monoisotopic (exact) mass is 171 g/mol. The summed E-state index contributed by atoms with van der Waals surface area (Å²) in [6, 6.07) is 0. The van der Waals surface area contributed by atoms with Crippen LogP contribution in [0.15, 0.2) is 11.2 Å². The van der Waals surface area contributed by atoms with Crippen molar-refractivity contribution in [2.75, 3.05) is 11.5 Å². The van der Waals surface area contributed by atoms with Gasteiger partial charge in [0, 0.05) is 12.3 Å². The molecule has 0 radical (unpaired) electrons. The van der Waals surface area contributed by atoms with Crippen molar-refractivity contribution < 1.29 is 4.21 Å². The fraction of sp³-hybridized carbons (Fsp3) is 0.500. The predicted octanol–water partition coefficient (Wildman–Crippen LogP) is -0.0234. The molecule has 0 bridgehead atoms. The molecule has 1 atom stereocenters. The molecule has 11 heavy (non-hydrogen) atoms. The van der Waals surface area contributed by atoms with Gasteiger partial charge in [-0.1, -0.05) is 0 Å². The van der Waals surface area contributed by atoms with Crippen LogP contribution in [0.3, 0.4) is 0 Å². The molecule has 4 nitrogen and oxygen atoms in total. The summed E-state index contributed by atoms with van der Waals surface area (Å²) in [7, 11) is -0.920. The molecular weight excluding hydrogens is 162 g/mol. The van der Waals surface area contributed by atoms with Gasteiger partial charge < -0.3 is 5.73 Å². The lowest BCUT2D eigenvalue weighted by Crippen LogP contribution is -2.17. The molecule has 2 rings (SSSR count). The minimum absolute atomic E-state index is 0.558. The molecule has 0 amide bonds. The third-order valence-electron chi connectivity index (χ3n) is 1.73. The zero-order chi connectivity index (χ0) is 7.84. The van der Waals surface area contributed by atoms with Gasteiger partial charge in [-0.3, -0.25) is 8.89 Å². The number of fused-ring (bicyclic) bond motifs is 1. The molecule has 1 aromatic rings. The predicted molar refractivity (Wildman–Crippen MR) is 42.5 cm³/mol. The van der Waals surface area contributed by atoms with E-state index in [1.165, 1.54) is 0 Å². The molecule has 2 N–H and O–H groups in total. The summed E-state index contributed by atoms with van der Waals surface area (Å²) in [4.78, 5) is 0.